The smallest absolute Gasteiger partial charge is 0.277 e. The maximum atomic E-state index is 13.9. The number of fused-ring (bicyclic) bond motifs is 1. The first-order chi connectivity index (χ1) is 13.5. The summed E-state index contributed by atoms with van der Waals surface area (Å²) >= 11 is 0. The van der Waals surface area contributed by atoms with Crippen LogP contribution in [0.2, 0.25) is 0 Å². The van der Waals surface area contributed by atoms with Crippen molar-refractivity contribution >= 4 is 23.2 Å². The standard InChI is InChI=1S/C21H18F2N4O/c1-13-11-18(20(28)27-10-4-6-14-5-2-3-7-19(14)27)26-21(24-13)25-17-9-8-15(22)12-16(17)23/h2-3,5,7-9,11-12H,4,6,10H2,1H3,(H,24,25,26). The first-order valence-electron chi connectivity index (χ1n) is 8.99. The monoisotopic (exact) mass is 380 g/mol. The molecular formula is C21H18F2N4O. The molecule has 3 aromatic rings. The highest BCUT2D eigenvalue weighted by Gasteiger charge is 2.25. The van der Waals surface area contributed by atoms with Gasteiger partial charge in [-0.2, -0.15) is 0 Å². The van der Waals surface area contributed by atoms with Crippen LogP contribution in [0.1, 0.15) is 28.2 Å². The second kappa shape index (κ2) is 7.34. The predicted octanol–water partition coefficient (Wildman–Crippen LogP) is 4.40. The van der Waals surface area contributed by atoms with Crippen molar-refractivity contribution in [3.05, 3.63) is 77.1 Å². The van der Waals surface area contributed by atoms with E-state index in [1.54, 1.807) is 17.9 Å². The summed E-state index contributed by atoms with van der Waals surface area (Å²) in [5.74, 6) is -1.59. The molecule has 4 rings (SSSR count). The third-order valence-electron chi connectivity index (χ3n) is 4.61. The number of halogens is 2. The number of nitrogens with one attached hydrogen (secondary N) is 1. The zero-order valence-electron chi connectivity index (χ0n) is 15.2. The van der Waals surface area contributed by atoms with E-state index in [4.69, 9.17) is 0 Å². The Kier molecular flexibility index (Phi) is 4.73. The molecule has 7 heteroatoms. The summed E-state index contributed by atoms with van der Waals surface area (Å²) in [6.07, 6.45) is 1.80. The Balaban J connectivity index is 1.65. The molecule has 0 spiro atoms. The van der Waals surface area contributed by atoms with E-state index in [0.29, 0.717) is 12.2 Å². The first kappa shape index (κ1) is 18.0. The summed E-state index contributed by atoms with van der Waals surface area (Å²) in [4.78, 5) is 23.3. The van der Waals surface area contributed by atoms with Crippen LogP contribution in [-0.2, 0) is 6.42 Å². The van der Waals surface area contributed by atoms with Crippen LogP contribution in [0.5, 0.6) is 0 Å². The van der Waals surface area contributed by atoms with Gasteiger partial charge in [0.05, 0.1) is 5.69 Å². The fourth-order valence-corrected chi connectivity index (χ4v) is 3.33. The molecule has 0 aliphatic carbocycles. The number of carbonyl (C=O) groups is 1. The number of hydrogen-bond acceptors (Lipinski definition) is 4. The maximum absolute atomic E-state index is 13.9. The second-order valence-corrected chi connectivity index (χ2v) is 6.66. The minimum absolute atomic E-state index is 0.0358. The topological polar surface area (TPSA) is 58.1 Å². The number of para-hydroxylation sites is 1. The van der Waals surface area contributed by atoms with Gasteiger partial charge in [0, 0.05) is 24.0 Å². The van der Waals surface area contributed by atoms with Gasteiger partial charge in [0.1, 0.15) is 17.3 Å². The number of rotatable bonds is 3. The van der Waals surface area contributed by atoms with E-state index in [1.807, 2.05) is 24.3 Å². The summed E-state index contributed by atoms with van der Waals surface area (Å²) in [6.45, 7) is 2.34. The van der Waals surface area contributed by atoms with Gasteiger partial charge >= 0.3 is 0 Å². The second-order valence-electron chi connectivity index (χ2n) is 6.66. The molecule has 0 unspecified atom stereocenters. The van der Waals surface area contributed by atoms with E-state index >= 15 is 0 Å². The van der Waals surface area contributed by atoms with Crippen molar-refractivity contribution in [2.45, 2.75) is 19.8 Å². The lowest BCUT2D eigenvalue weighted by Gasteiger charge is -2.29. The lowest BCUT2D eigenvalue weighted by molar-refractivity contribution is 0.0980. The molecule has 2 aromatic carbocycles. The summed E-state index contributed by atoms with van der Waals surface area (Å²) in [5, 5.41) is 2.72. The Morgan fingerprint density at radius 1 is 1.11 bits per heavy atom. The first-order valence-corrected chi connectivity index (χ1v) is 8.99. The average molecular weight is 380 g/mol. The van der Waals surface area contributed by atoms with Crippen LogP contribution < -0.4 is 10.2 Å². The van der Waals surface area contributed by atoms with E-state index < -0.39 is 11.6 Å². The molecule has 0 fully saturated rings. The maximum Gasteiger partial charge on any atom is 0.277 e. The number of carbonyl (C=O) groups excluding carboxylic acids is 1. The molecule has 2 heterocycles. The van der Waals surface area contributed by atoms with Crippen molar-refractivity contribution in [2.75, 3.05) is 16.8 Å². The zero-order valence-corrected chi connectivity index (χ0v) is 15.2. The number of nitrogens with zero attached hydrogens (tertiary/aromatic N) is 3. The Hall–Kier alpha value is -3.35. The van der Waals surface area contributed by atoms with E-state index in [0.717, 1.165) is 36.2 Å². The molecular weight excluding hydrogens is 362 g/mol. The molecule has 28 heavy (non-hydrogen) atoms. The van der Waals surface area contributed by atoms with Gasteiger partial charge in [-0.3, -0.25) is 4.79 Å². The number of aryl methyl sites for hydroxylation is 2. The van der Waals surface area contributed by atoms with Crippen LogP contribution in [0.15, 0.2) is 48.5 Å². The van der Waals surface area contributed by atoms with Gasteiger partial charge in [0.25, 0.3) is 5.91 Å². The van der Waals surface area contributed by atoms with Crippen LogP contribution >= 0.6 is 0 Å². The van der Waals surface area contributed by atoms with Crippen LogP contribution in [-0.4, -0.2) is 22.4 Å². The number of aromatic nitrogens is 2. The number of anilines is 3. The van der Waals surface area contributed by atoms with Crippen LogP contribution in [0, 0.1) is 18.6 Å². The lowest BCUT2D eigenvalue weighted by Crippen LogP contribution is -2.36. The molecule has 5 nitrogen and oxygen atoms in total. The summed E-state index contributed by atoms with van der Waals surface area (Å²) in [6, 6.07) is 12.6. The van der Waals surface area contributed by atoms with Crippen LogP contribution in [0.4, 0.5) is 26.1 Å². The molecule has 0 saturated carbocycles. The Morgan fingerprint density at radius 3 is 2.75 bits per heavy atom. The van der Waals surface area contributed by atoms with Crippen molar-refractivity contribution in [3.63, 3.8) is 0 Å². The fraction of sp³-hybridized carbons (Fsp3) is 0.190. The Labute approximate surface area is 161 Å². The van der Waals surface area contributed by atoms with Gasteiger partial charge < -0.3 is 10.2 Å². The Morgan fingerprint density at radius 2 is 1.93 bits per heavy atom. The van der Waals surface area contributed by atoms with E-state index in [1.165, 1.54) is 6.07 Å². The molecule has 1 N–H and O–H groups in total. The van der Waals surface area contributed by atoms with E-state index in [-0.39, 0.29) is 23.2 Å². The normalized spacial score (nSPS) is 13.2. The fourth-order valence-electron chi connectivity index (χ4n) is 3.33. The van der Waals surface area contributed by atoms with E-state index in [9.17, 15) is 13.6 Å². The molecule has 0 bridgehead atoms. The van der Waals surface area contributed by atoms with E-state index in [2.05, 4.69) is 15.3 Å². The quantitative estimate of drug-likeness (QED) is 0.732. The van der Waals surface area contributed by atoms with Crippen molar-refractivity contribution in [2.24, 2.45) is 0 Å². The minimum atomic E-state index is -0.761. The third kappa shape index (κ3) is 3.55. The van der Waals surface area contributed by atoms with Crippen molar-refractivity contribution in [3.8, 4) is 0 Å². The molecule has 1 aliphatic rings. The molecule has 0 atom stereocenters. The van der Waals surface area contributed by atoms with Gasteiger partial charge in [-0.25, -0.2) is 18.7 Å². The van der Waals surface area contributed by atoms with Gasteiger partial charge in [-0.15, -0.1) is 0 Å². The van der Waals surface area contributed by atoms with Gasteiger partial charge in [0.2, 0.25) is 5.95 Å². The van der Waals surface area contributed by atoms with Crippen LogP contribution in [0.25, 0.3) is 0 Å². The minimum Gasteiger partial charge on any atom is -0.322 e. The van der Waals surface area contributed by atoms with Gasteiger partial charge in [-0.05, 0) is 49.6 Å². The number of hydrogen-bond donors (Lipinski definition) is 1. The molecule has 1 aliphatic heterocycles. The third-order valence-corrected chi connectivity index (χ3v) is 4.61. The lowest BCUT2D eigenvalue weighted by atomic mass is 10.0. The molecule has 0 saturated heterocycles. The largest absolute Gasteiger partial charge is 0.322 e. The summed E-state index contributed by atoms with van der Waals surface area (Å²) in [5.41, 5.74) is 2.82. The zero-order chi connectivity index (χ0) is 19.7. The average Bonchev–Trinajstić information content (AvgIpc) is 2.69. The van der Waals surface area contributed by atoms with Crippen LogP contribution in [0.3, 0.4) is 0 Å². The van der Waals surface area contributed by atoms with Crippen molar-refractivity contribution in [1.82, 2.24) is 9.97 Å². The summed E-state index contributed by atoms with van der Waals surface area (Å²) < 4.78 is 27.0. The molecule has 1 amide bonds. The predicted molar refractivity (Wildman–Crippen MR) is 103 cm³/mol. The molecule has 1 aromatic heterocycles. The molecule has 142 valence electrons. The Bertz CT molecular complexity index is 1050. The SMILES string of the molecule is Cc1cc(C(=O)N2CCCc3ccccc32)nc(Nc2ccc(F)cc2F)n1. The highest BCUT2D eigenvalue weighted by atomic mass is 19.1. The van der Waals surface area contributed by atoms with Crippen molar-refractivity contribution in [1.29, 1.82) is 0 Å². The van der Waals surface area contributed by atoms with Crippen molar-refractivity contribution < 1.29 is 13.6 Å². The number of amides is 1. The summed E-state index contributed by atoms with van der Waals surface area (Å²) in [7, 11) is 0. The highest BCUT2D eigenvalue weighted by molar-refractivity contribution is 6.05. The molecule has 0 radical (unpaired) electrons. The highest BCUT2D eigenvalue weighted by Crippen LogP contribution is 2.28. The van der Waals surface area contributed by atoms with Gasteiger partial charge in [0.15, 0.2) is 0 Å². The number of benzene rings is 2. The van der Waals surface area contributed by atoms with Gasteiger partial charge in [-0.1, -0.05) is 18.2 Å².